The molecule has 5 nitrogen and oxygen atoms in total. The Morgan fingerprint density at radius 2 is 1.68 bits per heavy atom. The third-order valence-electron chi connectivity index (χ3n) is 4.31. The van der Waals surface area contributed by atoms with Gasteiger partial charge in [-0.2, -0.15) is 4.31 Å². The van der Waals surface area contributed by atoms with Gasteiger partial charge in [0.15, 0.2) is 0 Å². The molecule has 0 amide bonds. The number of rotatable bonds is 5. The van der Waals surface area contributed by atoms with Crippen LogP contribution in [-0.2, 0) is 16.4 Å². The summed E-state index contributed by atoms with van der Waals surface area (Å²) in [5.74, 6) is 0. The summed E-state index contributed by atoms with van der Waals surface area (Å²) in [7, 11) is -3.62. The minimum Gasteiger partial charge on any atom is -0.300 e. The van der Waals surface area contributed by atoms with Crippen molar-refractivity contribution in [2.24, 2.45) is 0 Å². The molecule has 1 aromatic carbocycles. The van der Waals surface area contributed by atoms with Crippen molar-refractivity contribution in [3.8, 4) is 0 Å². The van der Waals surface area contributed by atoms with Gasteiger partial charge in [0, 0.05) is 50.1 Å². The van der Waals surface area contributed by atoms with Gasteiger partial charge in [0.2, 0.25) is 10.0 Å². The zero-order chi connectivity index (χ0) is 17.9. The number of halogens is 2. The first-order valence-electron chi connectivity index (χ1n) is 8.03. The number of hydrogen-bond acceptors (Lipinski definition) is 4. The van der Waals surface area contributed by atoms with Crippen molar-refractivity contribution in [1.29, 1.82) is 0 Å². The maximum Gasteiger partial charge on any atom is 0.244 e. The van der Waals surface area contributed by atoms with E-state index in [4.69, 9.17) is 23.2 Å². The quantitative estimate of drug-likeness (QED) is 0.775. The van der Waals surface area contributed by atoms with E-state index in [1.54, 1.807) is 18.5 Å². The van der Waals surface area contributed by atoms with E-state index in [0.29, 0.717) is 31.2 Å². The normalized spacial score (nSPS) is 16.9. The molecule has 0 N–H and O–H groups in total. The van der Waals surface area contributed by atoms with Gasteiger partial charge in [0.05, 0.1) is 5.02 Å². The largest absolute Gasteiger partial charge is 0.300 e. The van der Waals surface area contributed by atoms with Crippen LogP contribution in [0.25, 0.3) is 0 Å². The Labute approximate surface area is 158 Å². The monoisotopic (exact) mass is 399 g/mol. The molecule has 0 radical (unpaired) electrons. The van der Waals surface area contributed by atoms with Gasteiger partial charge in [-0.05, 0) is 42.3 Å². The highest BCUT2D eigenvalue weighted by atomic mass is 35.5. The van der Waals surface area contributed by atoms with Crippen molar-refractivity contribution >= 4 is 33.2 Å². The second-order valence-corrected chi connectivity index (χ2v) is 8.68. The topological polar surface area (TPSA) is 53.5 Å². The molecular formula is C17H19Cl2N3O2S. The number of piperazine rings is 1. The lowest BCUT2D eigenvalue weighted by molar-refractivity contribution is 0.190. The van der Waals surface area contributed by atoms with Gasteiger partial charge in [-0.15, -0.1) is 0 Å². The lowest BCUT2D eigenvalue weighted by atomic mass is 10.2. The van der Waals surface area contributed by atoms with Crippen molar-refractivity contribution in [3.63, 3.8) is 0 Å². The zero-order valence-electron chi connectivity index (χ0n) is 13.6. The van der Waals surface area contributed by atoms with Crippen molar-refractivity contribution in [2.75, 3.05) is 32.7 Å². The van der Waals surface area contributed by atoms with Crippen LogP contribution in [0.1, 0.15) is 5.56 Å². The fraction of sp³-hybridized carbons (Fsp3) is 0.353. The van der Waals surface area contributed by atoms with E-state index >= 15 is 0 Å². The van der Waals surface area contributed by atoms with Gasteiger partial charge in [0.25, 0.3) is 0 Å². The molecule has 1 aromatic heterocycles. The van der Waals surface area contributed by atoms with Crippen LogP contribution in [-0.4, -0.2) is 55.3 Å². The Kier molecular flexibility index (Phi) is 5.96. The van der Waals surface area contributed by atoms with Crippen LogP contribution in [0.15, 0.2) is 47.6 Å². The summed E-state index contributed by atoms with van der Waals surface area (Å²) in [6.45, 7) is 3.18. The number of aromatic nitrogens is 1. The minimum absolute atomic E-state index is 0.0758. The van der Waals surface area contributed by atoms with E-state index in [9.17, 15) is 8.42 Å². The minimum atomic E-state index is -3.62. The summed E-state index contributed by atoms with van der Waals surface area (Å²) in [6.07, 6.45) is 4.50. The number of sulfonamides is 1. The van der Waals surface area contributed by atoms with Crippen molar-refractivity contribution < 1.29 is 8.42 Å². The molecule has 0 spiro atoms. The van der Waals surface area contributed by atoms with E-state index in [0.717, 1.165) is 13.0 Å². The summed E-state index contributed by atoms with van der Waals surface area (Å²) < 4.78 is 27.1. The Bertz CT molecular complexity index is 823. The molecule has 1 saturated heterocycles. The Balaban J connectivity index is 1.60. The molecule has 1 aliphatic heterocycles. The summed E-state index contributed by atoms with van der Waals surface area (Å²) in [4.78, 5) is 6.36. The van der Waals surface area contributed by atoms with Crippen LogP contribution in [0.2, 0.25) is 10.0 Å². The third-order valence-corrected chi connectivity index (χ3v) is 6.92. The molecule has 2 aromatic rings. The molecule has 0 unspecified atom stereocenters. The van der Waals surface area contributed by atoms with Crippen molar-refractivity contribution in [2.45, 2.75) is 11.3 Å². The molecule has 0 bridgehead atoms. The van der Waals surface area contributed by atoms with Crippen LogP contribution in [0, 0.1) is 0 Å². The molecule has 0 saturated carbocycles. The highest BCUT2D eigenvalue weighted by Gasteiger charge is 2.30. The van der Waals surface area contributed by atoms with E-state index < -0.39 is 10.0 Å². The average molecular weight is 400 g/mol. The molecular weight excluding hydrogens is 381 g/mol. The SMILES string of the molecule is O=S(=O)(c1cc(Cl)ccc1Cl)N1CCN(CCc2ccncc2)CC1. The maximum atomic E-state index is 12.8. The predicted molar refractivity (Wildman–Crippen MR) is 99.6 cm³/mol. The summed E-state index contributed by atoms with van der Waals surface area (Å²) in [6, 6.07) is 8.51. The molecule has 0 aliphatic carbocycles. The Hall–Kier alpha value is -1.18. The van der Waals surface area contributed by atoms with E-state index in [2.05, 4.69) is 9.88 Å². The first-order valence-corrected chi connectivity index (χ1v) is 10.2. The van der Waals surface area contributed by atoms with Gasteiger partial charge in [0.1, 0.15) is 4.90 Å². The number of hydrogen-bond donors (Lipinski definition) is 0. The fourth-order valence-corrected chi connectivity index (χ4v) is 5.00. The smallest absolute Gasteiger partial charge is 0.244 e. The van der Waals surface area contributed by atoms with Gasteiger partial charge in [-0.25, -0.2) is 8.42 Å². The highest BCUT2D eigenvalue weighted by Crippen LogP contribution is 2.28. The number of benzene rings is 1. The lowest BCUT2D eigenvalue weighted by Gasteiger charge is -2.34. The molecule has 25 heavy (non-hydrogen) atoms. The van der Waals surface area contributed by atoms with E-state index in [-0.39, 0.29) is 9.92 Å². The molecule has 2 heterocycles. The summed E-state index contributed by atoms with van der Waals surface area (Å²) in [5.41, 5.74) is 1.23. The van der Waals surface area contributed by atoms with Gasteiger partial charge < -0.3 is 4.90 Å². The van der Waals surface area contributed by atoms with E-state index in [1.807, 2.05) is 12.1 Å². The summed E-state index contributed by atoms with van der Waals surface area (Å²) in [5, 5.41) is 0.559. The molecule has 8 heteroatoms. The number of nitrogens with zero attached hydrogens (tertiary/aromatic N) is 3. The fourth-order valence-electron chi connectivity index (χ4n) is 2.84. The van der Waals surface area contributed by atoms with E-state index in [1.165, 1.54) is 22.0 Å². The first kappa shape index (κ1) is 18.6. The van der Waals surface area contributed by atoms with Crippen molar-refractivity contribution in [1.82, 2.24) is 14.2 Å². The molecule has 1 fully saturated rings. The first-order chi connectivity index (χ1) is 12.0. The lowest BCUT2D eigenvalue weighted by Crippen LogP contribution is -2.49. The Morgan fingerprint density at radius 1 is 1.00 bits per heavy atom. The van der Waals surface area contributed by atoms with Crippen LogP contribution in [0.3, 0.4) is 0 Å². The van der Waals surface area contributed by atoms with Crippen LogP contribution in [0.4, 0.5) is 0 Å². The van der Waals surface area contributed by atoms with Crippen LogP contribution in [0.5, 0.6) is 0 Å². The predicted octanol–water partition coefficient (Wildman–Crippen LogP) is 2.94. The Morgan fingerprint density at radius 3 is 2.36 bits per heavy atom. The second-order valence-electron chi connectivity index (χ2n) is 5.93. The van der Waals surface area contributed by atoms with Gasteiger partial charge in [-0.3, -0.25) is 4.98 Å². The number of pyridine rings is 1. The molecule has 0 atom stereocenters. The van der Waals surface area contributed by atoms with Crippen LogP contribution >= 0.6 is 23.2 Å². The van der Waals surface area contributed by atoms with Crippen molar-refractivity contribution in [3.05, 3.63) is 58.3 Å². The highest BCUT2D eigenvalue weighted by molar-refractivity contribution is 7.89. The molecule has 134 valence electrons. The van der Waals surface area contributed by atoms with Gasteiger partial charge >= 0.3 is 0 Å². The zero-order valence-corrected chi connectivity index (χ0v) is 15.9. The van der Waals surface area contributed by atoms with Crippen LogP contribution < -0.4 is 0 Å². The molecule has 1 aliphatic rings. The summed E-state index contributed by atoms with van der Waals surface area (Å²) >= 11 is 12.0. The maximum absolute atomic E-state index is 12.8. The average Bonchev–Trinajstić information content (AvgIpc) is 2.63. The van der Waals surface area contributed by atoms with Gasteiger partial charge in [-0.1, -0.05) is 23.2 Å². The third kappa shape index (κ3) is 4.51. The molecule has 3 rings (SSSR count). The standard InChI is InChI=1S/C17H19Cl2N3O2S/c18-15-1-2-16(19)17(13-15)25(23,24)22-11-9-21(10-12-22)8-5-14-3-6-20-7-4-14/h1-4,6-7,13H,5,8-12H2. The second kappa shape index (κ2) is 8.01.